The molecule has 1 aliphatic carbocycles. The van der Waals surface area contributed by atoms with E-state index in [2.05, 4.69) is 0 Å². The molecule has 0 bridgehead atoms. The number of carbonyl (C=O) groups excluding carboxylic acids is 1. The van der Waals surface area contributed by atoms with Crippen LogP contribution in [0.4, 0.5) is 0 Å². The molecule has 0 unspecified atom stereocenters. The molecule has 0 saturated heterocycles. The van der Waals surface area contributed by atoms with Crippen LogP contribution in [0.25, 0.3) is 6.08 Å². The molecule has 19 heavy (non-hydrogen) atoms. The molecule has 1 aromatic carbocycles. The van der Waals surface area contributed by atoms with Gasteiger partial charge in [-0.15, -0.1) is 0 Å². The lowest BCUT2D eigenvalue weighted by atomic mass is 9.98. The van der Waals surface area contributed by atoms with Gasteiger partial charge in [0.15, 0.2) is 6.61 Å². The largest absolute Gasteiger partial charge is 0.489 e. The lowest BCUT2D eigenvalue weighted by Crippen LogP contribution is -2.23. The van der Waals surface area contributed by atoms with Crippen molar-refractivity contribution in [2.75, 3.05) is 6.61 Å². The number of esters is 1. The molecular formula is C16H20O3. The number of ether oxygens (including phenoxy) is 2. The fourth-order valence-electron chi connectivity index (χ4n) is 2.21. The Morgan fingerprint density at radius 1 is 1.16 bits per heavy atom. The van der Waals surface area contributed by atoms with Gasteiger partial charge in [-0.2, -0.15) is 0 Å². The molecule has 0 aromatic heterocycles. The summed E-state index contributed by atoms with van der Waals surface area (Å²) in [6, 6.07) is 9.81. The molecule has 1 aliphatic rings. The van der Waals surface area contributed by atoms with E-state index >= 15 is 0 Å². The zero-order valence-electron chi connectivity index (χ0n) is 11.1. The van der Waals surface area contributed by atoms with Crippen LogP contribution in [-0.4, -0.2) is 18.7 Å². The highest BCUT2D eigenvalue weighted by atomic mass is 16.6. The fraction of sp³-hybridized carbons (Fsp3) is 0.438. The number of rotatable bonds is 5. The second-order valence-corrected chi connectivity index (χ2v) is 4.77. The summed E-state index contributed by atoms with van der Waals surface area (Å²) in [5.74, 6) is -0.274. The van der Waals surface area contributed by atoms with Gasteiger partial charge in [0.25, 0.3) is 0 Å². The molecular weight excluding hydrogens is 240 g/mol. The summed E-state index contributed by atoms with van der Waals surface area (Å²) in [5.41, 5.74) is 1.04. The van der Waals surface area contributed by atoms with Crippen LogP contribution < -0.4 is 0 Å². The highest BCUT2D eigenvalue weighted by molar-refractivity contribution is 5.71. The summed E-state index contributed by atoms with van der Waals surface area (Å²) in [5, 5.41) is 0. The summed E-state index contributed by atoms with van der Waals surface area (Å²) in [6.07, 6.45) is 9.02. The maximum absolute atomic E-state index is 11.5. The van der Waals surface area contributed by atoms with E-state index in [0.717, 1.165) is 31.2 Å². The predicted molar refractivity (Wildman–Crippen MR) is 74.4 cm³/mol. The van der Waals surface area contributed by atoms with Gasteiger partial charge >= 0.3 is 5.97 Å². The Hall–Kier alpha value is -1.77. The van der Waals surface area contributed by atoms with Gasteiger partial charge in [-0.1, -0.05) is 36.8 Å². The molecule has 3 heteroatoms. The number of hydrogen-bond donors (Lipinski definition) is 0. The third-order valence-electron chi connectivity index (χ3n) is 3.21. The van der Waals surface area contributed by atoms with Crippen molar-refractivity contribution >= 4 is 12.0 Å². The Balaban J connectivity index is 1.65. The van der Waals surface area contributed by atoms with Crippen LogP contribution in [0, 0.1) is 0 Å². The topological polar surface area (TPSA) is 35.5 Å². The van der Waals surface area contributed by atoms with Gasteiger partial charge in [-0.05, 0) is 37.3 Å². The molecule has 0 N–H and O–H groups in total. The van der Waals surface area contributed by atoms with Crippen LogP contribution in [0.5, 0.6) is 0 Å². The molecule has 0 radical (unpaired) electrons. The minimum absolute atomic E-state index is 0.0141. The first kappa shape index (κ1) is 13.7. The van der Waals surface area contributed by atoms with E-state index in [1.54, 1.807) is 0 Å². The minimum atomic E-state index is -0.274. The van der Waals surface area contributed by atoms with Crippen molar-refractivity contribution in [3.8, 4) is 0 Å². The lowest BCUT2D eigenvalue weighted by Gasteiger charge is -2.21. The van der Waals surface area contributed by atoms with Gasteiger partial charge in [0.05, 0.1) is 6.26 Å². The van der Waals surface area contributed by atoms with Crippen molar-refractivity contribution in [1.29, 1.82) is 0 Å². The number of hydrogen-bond acceptors (Lipinski definition) is 3. The summed E-state index contributed by atoms with van der Waals surface area (Å²) >= 11 is 0. The molecule has 1 fully saturated rings. The Kier molecular flexibility index (Phi) is 5.48. The van der Waals surface area contributed by atoms with Gasteiger partial charge < -0.3 is 9.47 Å². The predicted octanol–water partition coefficient (Wildman–Crippen LogP) is 3.55. The Morgan fingerprint density at radius 3 is 2.63 bits per heavy atom. The molecule has 1 saturated carbocycles. The van der Waals surface area contributed by atoms with Crippen molar-refractivity contribution < 1.29 is 14.3 Å². The van der Waals surface area contributed by atoms with Crippen molar-refractivity contribution in [2.24, 2.45) is 0 Å². The monoisotopic (exact) mass is 260 g/mol. The second-order valence-electron chi connectivity index (χ2n) is 4.77. The number of carbonyl (C=O) groups is 1. The van der Waals surface area contributed by atoms with Gasteiger partial charge in [-0.25, -0.2) is 4.79 Å². The van der Waals surface area contributed by atoms with Crippen LogP contribution in [-0.2, 0) is 14.3 Å². The molecule has 1 aromatic rings. The first-order chi connectivity index (χ1) is 9.34. The molecule has 2 rings (SSSR count). The summed E-state index contributed by atoms with van der Waals surface area (Å²) < 4.78 is 10.5. The third kappa shape index (κ3) is 5.16. The normalized spacial score (nSPS) is 16.4. The van der Waals surface area contributed by atoms with Crippen molar-refractivity contribution in [2.45, 2.75) is 38.2 Å². The highest BCUT2D eigenvalue weighted by Crippen LogP contribution is 2.20. The Bertz CT molecular complexity index is 405. The van der Waals surface area contributed by atoms with Crippen LogP contribution in [0.15, 0.2) is 36.6 Å². The lowest BCUT2D eigenvalue weighted by molar-refractivity contribution is -0.153. The molecule has 3 nitrogen and oxygen atoms in total. The van der Waals surface area contributed by atoms with Crippen molar-refractivity contribution in [3.05, 3.63) is 42.2 Å². The van der Waals surface area contributed by atoms with Gasteiger partial charge in [0, 0.05) is 0 Å². The van der Waals surface area contributed by atoms with Crippen LogP contribution in [0.2, 0.25) is 0 Å². The summed E-state index contributed by atoms with van der Waals surface area (Å²) in [7, 11) is 0. The molecule has 0 heterocycles. The average Bonchev–Trinajstić information content (AvgIpc) is 2.46. The maximum Gasteiger partial charge on any atom is 0.344 e. The van der Waals surface area contributed by atoms with Crippen LogP contribution in [0.3, 0.4) is 0 Å². The van der Waals surface area contributed by atoms with E-state index in [1.165, 1.54) is 12.7 Å². The Labute approximate surface area is 114 Å². The molecule has 0 amide bonds. The first-order valence-corrected chi connectivity index (χ1v) is 6.87. The first-order valence-electron chi connectivity index (χ1n) is 6.87. The van der Waals surface area contributed by atoms with Crippen molar-refractivity contribution in [1.82, 2.24) is 0 Å². The highest BCUT2D eigenvalue weighted by Gasteiger charge is 2.17. The quantitative estimate of drug-likeness (QED) is 0.600. The molecule has 0 atom stereocenters. The Morgan fingerprint density at radius 2 is 1.89 bits per heavy atom. The van der Waals surface area contributed by atoms with E-state index < -0.39 is 0 Å². The molecule has 102 valence electrons. The van der Waals surface area contributed by atoms with Gasteiger partial charge in [0.1, 0.15) is 6.10 Å². The average molecular weight is 260 g/mol. The van der Waals surface area contributed by atoms with Gasteiger partial charge in [-0.3, -0.25) is 0 Å². The molecule has 0 aliphatic heterocycles. The van der Waals surface area contributed by atoms with Crippen LogP contribution in [0.1, 0.15) is 37.7 Å². The number of benzene rings is 1. The van der Waals surface area contributed by atoms with E-state index in [9.17, 15) is 4.79 Å². The van der Waals surface area contributed by atoms with Gasteiger partial charge in [0.2, 0.25) is 0 Å². The third-order valence-corrected chi connectivity index (χ3v) is 3.21. The van der Waals surface area contributed by atoms with E-state index in [0.29, 0.717) is 0 Å². The SMILES string of the molecule is O=C(COC=Cc1ccccc1)OC1CCCCC1. The van der Waals surface area contributed by atoms with E-state index in [-0.39, 0.29) is 18.7 Å². The van der Waals surface area contributed by atoms with Crippen LogP contribution >= 0.6 is 0 Å². The zero-order valence-corrected chi connectivity index (χ0v) is 11.1. The second kappa shape index (κ2) is 7.62. The smallest absolute Gasteiger partial charge is 0.344 e. The molecule has 0 spiro atoms. The van der Waals surface area contributed by atoms with Crippen molar-refractivity contribution in [3.63, 3.8) is 0 Å². The summed E-state index contributed by atoms with van der Waals surface area (Å²) in [6.45, 7) is -0.0141. The maximum atomic E-state index is 11.5. The standard InChI is InChI=1S/C16H20O3/c17-16(19-15-9-5-2-6-10-15)13-18-12-11-14-7-3-1-4-8-14/h1,3-4,7-8,11-12,15H,2,5-6,9-10,13H2. The fourth-order valence-corrected chi connectivity index (χ4v) is 2.21. The minimum Gasteiger partial charge on any atom is -0.489 e. The van der Waals surface area contributed by atoms with E-state index in [1.807, 2.05) is 36.4 Å². The summed E-state index contributed by atoms with van der Waals surface area (Å²) in [4.78, 5) is 11.5. The van der Waals surface area contributed by atoms with E-state index in [4.69, 9.17) is 9.47 Å². The zero-order chi connectivity index (χ0) is 13.3.